The number of methoxy groups -OCH3 is 1. The van der Waals surface area contributed by atoms with Crippen LogP contribution in [0.15, 0.2) is 41.0 Å². The number of esters is 1. The van der Waals surface area contributed by atoms with Crippen LogP contribution in [-0.4, -0.2) is 71.5 Å². The quantitative estimate of drug-likeness (QED) is 0.0589. The summed E-state index contributed by atoms with van der Waals surface area (Å²) in [7, 11) is 1.23. The molecule has 2 bridgehead atoms. The number of benzene rings is 1. The lowest BCUT2D eigenvalue weighted by molar-refractivity contribution is -0.253. The first-order valence-electron chi connectivity index (χ1n) is 19.8. The summed E-state index contributed by atoms with van der Waals surface area (Å²) in [5.74, 6) is -6.84. The van der Waals surface area contributed by atoms with Gasteiger partial charge in [0.05, 0.1) is 37.3 Å². The van der Waals surface area contributed by atoms with Crippen molar-refractivity contribution in [3.05, 3.63) is 57.7 Å². The van der Waals surface area contributed by atoms with Gasteiger partial charge in [-0.25, -0.2) is 4.79 Å². The third-order valence-electron chi connectivity index (χ3n) is 12.2. The molecule has 7 unspecified atom stereocenters. The van der Waals surface area contributed by atoms with Gasteiger partial charge in [-0.05, 0) is 85.3 Å². The fourth-order valence-electron chi connectivity index (χ4n) is 9.40. The SMILES string of the molecule is COC(=O)/C(C)=C\CC1(O)C(=O)C2CC(C(C)C)C13Oc1c(CC=C(C)C)c4c(c(OCNCCO)c1C(=O)C3C2C(C#N)C#N)C=CC(C)(CCC=C(C)C)O4. The van der Waals surface area contributed by atoms with Gasteiger partial charge >= 0.3 is 5.97 Å². The molecule has 3 N–H and O–H groups in total. The maximum absolute atomic E-state index is 15.8. The highest BCUT2D eigenvalue weighted by Crippen LogP contribution is 2.67. The zero-order chi connectivity index (χ0) is 42.0. The number of hydrogen-bond acceptors (Lipinski definition) is 12. The van der Waals surface area contributed by atoms with E-state index in [4.69, 9.17) is 18.9 Å². The molecule has 2 heterocycles. The molecule has 1 spiro atoms. The van der Waals surface area contributed by atoms with Crippen LogP contribution in [0, 0.1) is 58.2 Å². The van der Waals surface area contributed by atoms with Gasteiger partial charge in [-0.1, -0.05) is 43.2 Å². The van der Waals surface area contributed by atoms with Crippen LogP contribution in [0.25, 0.3) is 6.08 Å². The third-order valence-corrected chi connectivity index (χ3v) is 12.2. The number of hydrogen-bond donors (Lipinski definition) is 3. The normalized spacial score (nSPS) is 28.3. The summed E-state index contributed by atoms with van der Waals surface area (Å²) in [5, 5.41) is 46.4. The second kappa shape index (κ2) is 17.0. The fourth-order valence-corrected chi connectivity index (χ4v) is 9.40. The van der Waals surface area contributed by atoms with Crippen molar-refractivity contribution in [1.29, 1.82) is 10.5 Å². The van der Waals surface area contributed by atoms with Crippen LogP contribution in [0.1, 0.15) is 103 Å². The Morgan fingerprint density at radius 3 is 2.35 bits per heavy atom. The molecule has 2 aliphatic heterocycles. The Hall–Kier alpha value is -4.75. The van der Waals surface area contributed by atoms with Crippen LogP contribution in [0.3, 0.4) is 0 Å². The van der Waals surface area contributed by atoms with Crippen LogP contribution in [0.5, 0.6) is 17.2 Å². The molecule has 6 rings (SSSR count). The number of carbonyl (C=O) groups is 3. The van der Waals surface area contributed by atoms with E-state index in [1.54, 1.807) is 0 Å². The lowest BCUT2D eigenvalue weighted by atomic mass is 9.40. The molecule has 12 nitrogen and oxygen atoms in total. The monoisotopic (exact) mass is 783 g/mol. The molecule has 12 heteroatoms. The average molecular weight is 784 g/mol. The van der Waals surface area contributed by atoms with E-state index >= 15 is 4.79 Å². The number of Topliss-reactive ketones (excluding diaryl/α,β-unsaturated/α-hetero) is 2. The van der Waals surface area contributed by atoms with Crippen LogP contribution >= 0.6 is 0 Å². The zero-order valence-corrected chi connectivity index (χ0v) is 34.7. The number of allylic oxidation sites excluding steroid dienone is 4. The Labute approximate surface area is 336 Å². The molecule has 1 aromatic carbocycles. The number of nitrogens with zero attached hydrogens (tertiary/aromatic N) is 2. The van der Waals surface area contributed by atoms with Gasteiger partial charge in [-0.15, -0.1) is 0 Å². The Morgan fingerprint density at radius 2 is 1.75 bits per heavy atom. The first kappa shape index (κ1) is 43.4. The summed E-state index contributed by atoms with van der Waals surface area (Å²) in [6.45, 7) is 15.3. The molecule has 3 fully saturated rings. The highest BCUT2D eigenvalue weighted by atomic mass is 16.5. The highest BCUT2D eigenvalue weighted by Gasteiger charge is 2.79. The number of rotatable bonds is 15. The zero-order valence-electron chi connectivity index (χ0n) is 34.7. The third kappa shape index (κ3) is 7.56. The van der Waals surface area contributed by atoms with E-state index in [9.17, 15) is 30.3 Å². The van der Waals surface area contributed by atoms with Gasteiger partial charge in [-0.2, -0.15) is 10.5 Å². The summed E-state index contributed by atoms with van der Waals surface area (Å²) in [5.41, 5.74) is -1.70. The lowest BCUT2D eigenvalue weighted by Gasteiger charge is -2.67. The Morgan fingerprint density at radius 1 is 1.07 bits per heavy atom. The van der Waals surface area contributed by atoms with Crippen molar-refractivity contribution in [1.82, 2.24) is 5.32 Å². The second-order valence-electron chi connectivity index (χ2n) is 16.9. The molecule has 5 aliphatic rings. The van der Waals surface area contributed by atoms with E-state index in [2.05, 4.69) is 23.5 Å². The van der Waals surface area contributed by atoms with Crippen molar-refractivity contribution in [2.24, 2.45) is 35.5 Å². The predicted molar refractivity (Wildman–Crippen MR) is 213 cm³/mol. The number of nitrogens with one attached hydrogen (secondary N) is 1. The molecule has 57 heavy (non-hydrogen) atoms. The largest absolute Gasteiger partial charge is 0.482 e. The van der Waals surface area contributed by atoms with Gasteiger partial charge in [0.15, 0.2) is 22.8 Å². The van der Waals surface area contributed by atoms with Gasteiger partial charge in [-0.3, -0.25) is 14.9 Å². The molecule has 1 aromatic rings. The van der Waals surface area contributed by atoms with Gasteiger partial charge < -0.3 is 29.2 Å². The smallest absolute Gasteiger partial charge is 0.333 e. The van der Waals surface area contributed by atoms with Gasteiger partial charge in [0, 0.05) is 41.9 Å². The summed E-state index contributed by atoms with van der Waals surface area (Å²) in [4.78, 5) is 43.3. The number of ether oxygens (including phenoxy) is 4. The van der Waals surface area contributed by atoms with Crippen molar-refractivity contribution in [3.63, 3.8) is 0 Å². The summed E-state index contributed by atoms with van der Waals surface area (Å²) >= 11 is 0. The van der Waals surface area contributed by atoms with Gasteiger partial charge in [0.2, 0.25) is 0 Å². The van der Waals surface area contributed by atoms with Crippen molar-refractivity contribution in [2.75, 3.05) is 27.0 Å². The summed E-state index contributed by atoms with van der Waals surface area (Å²) < 4.78 is 25.6. The van der Waals surface area contributed by atoms with E-state index in [-0.39, 0.29) is 67.7 Å². The highest BCUT2D eigenvalue weighted by molar-refractivity contribution is 6.10. The lowest BCUT2D eigenvalue weighted by Crippen LogP contribution is -2.82. The Bertz CT molecular complexity index is 1980. The van der Waals surface area contributed by atoms with Crippen LogP contribution in [0.4, 0.5) is 0 Å². The molecule has 0 amide bonds. The number of aliphatic hydroxyl groups excluding tert-OH is 1. The van der Waals surface area contributed by atoms with Crippen molar-refractivity contribution in [3.8, 4) is 29.4 Å². The second-order valence-corrected chi connectivity index (χ2v) is 16.9. The number of carbonyl (C=O) groups excluding carboxylic acids is 3. The van der Waals surface area contributed by atoms with Gasteiger partial charge in [0.1, 0.15) is 41.1 Å². The first-order valence-corrected chi connectivity index (χ1v) is 19.8. The number of ketones is 2. The maximum atomic E-state index is 15.8. The van der Waals surface area contributed by atoms with E-state index in [0.717, 1.165) is 12.0 Å². The van der Waals surface area contributed by atoms with Gasteiger partial charge in [0.25, 0.3) is 0 Å². The van der Waals surface area contributed by atoms with Crippen molar-refractivity contribution < 1.29 is 43.5 Å². The molecule has 0 aromatic heterocycles. The molecule has 3 aliphatic carbocycles. The molecular formula is C45H57N3O9. The van der Waals surface area contributed by atoms with Crippen LogP contribution in [-0.2, 0) is 20.7 Å². The summed E-state index contributed by atoms with van der Waals surface area (Å²) in [6.07, 6.45) is 10.8. The summed E-state index contributed by atoms with van der Waals surface area (Å²) in [6, 6.07) is 4.10. The maximum Gasteiger partial charge on any atom is 0.333 e. The van der Waals surface area contributed by atoms with Crippen LogP contribution in [0.2, 0.25) is 0 Å². The first-order chi connectivity index (χ1) is 27.0. The molecule has 7 atom stereocenters. The molecule has 3 saturated carbocycles. The van der Waals surface area contributed by atoms with Crippen LogP contribution < -0.4 is 19.5 Å². The number of aliphatic hydroxyl groups is 2. The van der Waals surface area contributed by atoms with E-state index < -0.39 is 63.9 Å². The minimum Gasteiger partial charge on any atom is -0.482 e. The molecule has 0 radical (unpaired) electrons. The number of nitriles is 2. The van der Waals surface area contributed by atoms with E-state index in [0.29, 0.717) is 23.3 Å². The van der Waals surface area contributed by atoms with Crippen molar-refractivity contribution >= 4 is 23.6 Å². The van der Waals surface area contributed by atoms with Crippen molar-refractivity contribution in [2.45, 2.75) is 104 Å². The minimum atomic E-state index is -2.36. The number of fused-ring (bicyclic) bond motifs is 4. The topological polar surface area (TPSA) is 188 Å². The standard InChI is InChI=1S/C45H57N3O9/c1-25(2)11-10-16-43(8)17-15-31-38(56-43)30(13-12-26(3)4)40-35(39(31)55-24-48-19-20-49)37(50)36-34(29(22-46)23-47)32-21-33(27(5)6)45(36,57-40)44(53,41(32)51)18-14-28(7)42(52)54-9/h11-12,14-15,17,27,29,32-34,36,48-49,53H,10,13,16,18-21,24H2,1-9H3/b28-14-. The minimum absolute atomic E-state index is 0.0690. The van der Waals surface area contributed by atoms with E-state index in [1.165, 1.54) is 25.7 Å². The molecule has 0 saturated heterocycles. The molecular weight excluding hydrogens is 727 g/mol. The Balaban J connectivity index is 1.89. The predicted octanol–water partition coefficient (Wildman–Crippen LogP) is 6.35. The molecule has 306 valence electrons. The van der Waals surface area contributed by atoms with E-state index in [1.807, 2.05) is 66.7 Å². The average Bonchev–Trinajstić information content (AvgIpc) is 3.16. The fraction of sp³-hybridized carbons (Fsp3) is 0.578. The Kier molecular flexibility index (Phi) is 12.9.